The van der Waals surface area contributed by atoms with Gasteiger partial charge in [-0.15, -0.1) is 6.58 Å². The molecule has 1 N–H and O–H groups in total. The Kier molecular flexibility index (Phi) is 3.94. The zero-order valence-corrected chi connectivity index (χ0v) is 9.59. The van der Waals surface area contributed by atoms with Crippen LogP contribution >= 0.6 is 0 Å². The van der Waals surface area contributed by atoms with Gasteiger partial charge in [0, 0.05) is 0 Å². The van der Waals surface area contributed by atoms with Crippen LogP contribution in [0.15, 0.2) is 23.8 Å². The van der Waals surface area contributed by atoms with Gasteiger partial charge in [0.05, 0.1) is 6.10 Å². The average molecular weight is 194 g/mol. The van der Waals surface area contributed by atoms with E-state index in [-0.39, 0.29) is 6.10 Å². The normalized spacial score (nSPS) is 30.3. The van der Waals surface area contributed by atoms with Crippen LogP contribution in [0.25, 0.3) is 0 Å². The minimum Gasteiger partial charge on any atom is -0.392 e. The fourth-order valence-electron chi connectivity index (χ4n) is 2.40. The zero-order chi connectivity index (χ0) is 10.7. The summed E-state index contributed by atoms with van der Waals surface area (Å²) < 4.78 is 0. The lowest BCUT2D eigenvalue weighted by Crippen LogP contribution is -2.29. The molecule has 1 aliphatic rings. The van der Waals surface area contributed by atoms with Crippen molar-refractivity contribution in [1.82, 2.24) is 0 Å². The molecule has 14 heavy (non-hydrogen) atoms. The Hall–Kier alpha value is -0.560. The van der Waals surface area contributed by atoms with Crippen molar-refractivity contribution in [3.05, 3.63) is 23.8 Å². The van der Waals surface area contributed by atoms with Crippen LogP contribution in [0.3, 0.4) is 0 Å². The smallest absolute Gasteiger partial charge is 0.0608 e. The molecule has 3 unspecified atom stereocenters. The maximum absolute atomic E-state index is 9.95. The molecule has 0 aromatic rings. The van der Waals surface area contributed by atoms with Gasteiger partial charge in [0.2, 0.25) is 0 Å². The van der Waals surface area contributed by atoms with E-state index in [4.69, 9.17) is 0 Å². The van der Waals surface area contributed by atoms with Crippen LogP contribution in [0.1, 0.15) is 40.0 Å². The van der Waals surface area contributed by atoms with E-state index in [1.807, 2.05) is 6.08 Å². The monoisotopic (exact) mass is 194 g/mol. The van der Waals surface area contributed by atoms with Gasteiger partial charge in [-0.2, -0.15) is 0 Å². The first-order chi connectivity index (χ1) is 6.56. The summed E-state index contributed by atoms with van der Waals surface area (Å²) in [5, 5.41) is 9.95. The van der Waals surface area contributed by atoms with Crippen molar-refractivity contribution in [1.29, 1.82) is 0 Å². The van der Waals surface area contributed by atoms with Gasteiger partial charge in [-0.1, -0.05) is 24.1 Å². The number of aliphatic hydroxyl groups excluding tert-OH is 1. The zero-order valence-electron chi connectivity index (χ0n) is 9.59. The van der Waals surface area contributed by atoms with E-state index in [9.17, 15) is 5.11 Å². The summed E-state index contributed by atoms with van der Waals surface area (Å²) in [6, 6.07) is 0. The first kappa shape index (κ1) is 11.5. The molecule has 0 aromatic heterocycles. The number of hydrogen-bond donors (Lipinski definition) is 1. The van der Waals surface area contributed by atoms with Crippen molar-refractivity contribution in [2.75, 3.05) is 0 Å². The standard InChI is InChI=1S/C13H22O/c1-5-6-13(14)12-8-10(3)9(2)7-11(12)4/h5,11-14H,1,6-8H2,2-4H3. The van der Waals surface area contributed by atoms with Crippen molar-refractivity contribution in [2.45, 2.75) is 46.1 Å². The van der Waals surface area contributed by atoms with Crippen molar-refractivity contribution >= 4 is 0 Å². The number of aliphatic hydroxyl groups is 1. The molecule has 0 amide bonds. The summed E-state index contributed by atoms with van der Waals surface area (Å²) >= 11 is 0. The van der Waals surface area contributed by atoms with Crippen molar-refractivity contribution in [3.8, 4) is 0 Å². The van der Waals surface area contributed by atoms with Crippen molar-refractivity contribution < 1.29 is 5.11 Å². The van der Waals surface area contributed by atoms with Gasteiger partial charge < -0.3 is 5.11 Å². The van der Waals surface area contributed by atoms with Gasteiger partial charge in [0.15, 0.2) is 0 Å². The second kappa shape index (κ2) is 4.79. The van der Waals surface area contributed by atoms with Gasteiger partial charge in [0.1, 0.15) is 0 Å². The lowest BCUT2D eigenvalue weighted by atomic mass is 9.74. The highest BCUT2D eigenvalue weighted by atomic mass is 16.3. The summed E-state index contributed by atoms with van der Waals surface area (Å²) in [5.41, 5.74) is 2.98. The van der Waals surface area contributed by atoms with Gasteiger partial charge in [0.25, 0.3) is 0 Å². The highest BCUT2D eigenvalue weighted by Gasteiger charge is 2.28. The van der Waals surface area contributed by atoms with E-state index < -0.39 is 0 Å². The Bertz CT molecular complexity index is 236. The van der Waals surface area contributed by atoms with Crippen LogP contribution < -0.4 is 0 Å². The molecule has 0 bridgehead atoms. The summed E-state index contributed by atoms with van der Waals surface area (Å²) in [6.45, 7) is 10.3. The van der Waals surface area contributed by atoms with E-state index in [0.29, 0.717) is 11.8 Å². The predicted octanol–water partition coefficient (Wildman–Crippen LogP) is 3.31. The SMILES string of the molecule is C=CCC(O)C1CC(C)=C(C)CC1C. The molecular formula is C13H22O. The molecule has 0 saturated carbocycles. The number of hydrogen-bond acceptors (Lipinski definition) is 1. The largest absolute Gasteiger partial charge is 0.392 e. The van der Waals surface area contributed by atoms with Gasteiger partial charge in [-0.25, -0.2) is 0 Å². The second-order valence-electron chi connectivity index (χ2n) is 4.70. The Labute approximate surface area is 87.5 Å². The van der Waals surface area contributed by atoms with Gasteiger partial charge >= 0.3 is 0 Å². The fourth-order valence-corrected chi connectivity index (χ4v) is 2.40. The summed E-state index contributed by atoms with van der Waals surface area (Å²) in [5.74, 6) is 1.03. The molecule has 1 rings (SSSR count). The van der Waals surface area contributed by atoms with Crippen molar-refractivity contribution in [3.63, 3.8) is 0 Å². The third-order valence-corrected chi connectivity index (χ3v) is 3.53. The quantitative estimate of drug-likeness (QED) is 0.683. The summed E-state index contributed by atoms with van der Waals surface area (Å²) in [4.78, 5) is 0. The third-order valence-electron chi connectivity index (χ3n) is 3.53. The molecule has 0 spiro atoms. The van der Waals surface area contributed by atoms with Crippen LogP contribution in [-0.2, 0) is 0 Å². The molecule has 0 radical (unpaired) electrons. The van der Waals surface area contributed by atoms with Crippen LogP contribution in [0.5, 0.6) is 0 Å². The summed E-state index contributed by atoms with van der Waals surface area (Å²) in [6.07, 6.45) is 4.54. The number of rotatable bonds is 3. The van der Waals surface area contributed by atoms with Gasteiger partial charge in [-0.3, -0.25) is 0 Å². The van der Waals surface area contributed by atoms with Crippen LogP contribution in [-0.4, -0.2) is 11.2 Å². The van der Waals surface area contributed by atoms with Gasteiger partial charge in [-0.05, 0) is 44.9 Å². The molecule has 0 aromatic carbocycles. The summed E-state index contributed by atoms with van der Waals surface area (Å²) in [7, 11) is 0. The maximum atomic E-state index is 9.95. The Morgan fingerprint density at radius 3 is 2.57 bits per heavy atom. The highest BCUT2D eigenvalue weighted by molar-refractivity contribution is 5.15. The molecule has 80 valence electrons. The average Bonchev–Trinajstić information content (AvgIpc) is 2.11. The molecule has 0 aliphatic heterocycles. The molecule has 0 saturated heterocycles. The third kappa shape index (κ3) is 2.48. The Morgan fingerprint density at radius 1 is 1.43 bits per heavy atom. The highest BCUT2D eigenvalue weighted by Crippen LogP contribution is 2.36. The lowest BCUT2D eigenvalue weighted by Gasteiger charge is -2.33. The molecule has 3 atom stereocenters. The van der Waals surface area contributed by atoms with Crippen LogP contribution in [0, 0.1) is 11.8 Å². The maximum Gasteiger partial charge on any atom is 0.0608 e. The minimum atomic E-state index is -0.203. The first-order valence-electron chi connectivity index (χ1n) is 5.50. The Balaban J connectivity index is 2.68. The van der Waals surface area contributed by atoms with Crippen molar-refractivity contribution in [2.24, 2.45) is 11.8 Å². The van der Waals surface area contributed by atoms with E-state index >= 15 is 0 Å². The van der Waals surface area contributed by atoms with E-state index in [2.05, 4.69) is 27.4 Å². The fraction of sp³-hybridized carbons (Fsp3) is 0.692. The molecule has 0 fully saturated rings. The lowest BCUT2D eigenvalue weighted by molar-refractivity contribution is 0.0745. The molecule has 1 heteroatoms. The molecule has 1 nitrogen and oxygen atoms in total. The molecule has 1 aliphatic carbocycles. The first-order valence-corrected chi connectivity index (χ1v) is 5.50. The minimum absolute atomic E-state index is 0.203. The predicted molar refractivity (Wildman–Crippen MR) is 61.1 cm³/mol. The van der Waals surface area contributed by atoms with Crippen LogP contribution in [0.4, 0.5) is 0 Å². The topological polar surface area (TPSA) is 20.2 Å². The van der Waals surface area contributed by atoms with Crippen LogP contribution in [0.2, 0.25) is 0 Å². The molecule has 0 heterocycles. The van der Waals surface area contributed by atoms with E-state index in [1.54, 1.807) is 0 Å². The van der Waals surface area contributed by atoms with E-state index in [0.717, 1.165) is 19.3 Å². The molecular weight excluding hydrogens is 172 g/mol. The second-order valence-corrected chi connectivity index (χ2v) is 4.70. The Morgan fingerprint density at radius 2 is 2.00 bits per heavy atom. The van der Waals surface area contributed by atoms with E-state index in [1.165, 1.54) is 11.1 Å². The number of allylic oxidation sites excluding steroid dienone is 2.